The number of halogens is 1. The van der Waals surface area contributed by atoms with Crippen LogP contribution in [0.25, 0.3) is 0 Å². The number of nitrogens with zero attached hydrogens (tertiary/aromatic N) is 3. The van der Waals surface area contributed by atoms with Gasteiger partial charge in [-0.15, -0.1) is 12.4 Å². The first kappa shape index (κ1) is 16.5. The lowest BCUT2D eigenvalue weighted by Gasteiger charge is -2.14. The van der Waals surface area contributed by atoms with Crippen LogP contribution in [0.4, 0.5) is 0 Å². The minimum Gasteiger partial charge on any atom is -0.353 e. The van der Waals surface area contributed by atoms with Crippen molar-refractivity contribution < 1.29 is 4.79 Å². The molecule has 2 N–H and O–H groups in total. The Morgan fingerprint density at radius 2 is 2.14 bits per heavy atom. The van der Waals surface area contributed by atoms with Crippen molar-refractivity contribution in [1.82, 2.24) is 25.4 Å². The Hall–Kier alpha value is -1.92. The Bertz CT molecular complexity index is 575. The van der Waals surface area contributed by atoms with E-state index < -0.39 is 0 Å². The van der Waals surface area contributed by atoms with Crippen molar-refractivity contribution in [2.45, 2.75) is 31.5 Å². The van der Waals surface area contributed by atoms with E-state index in [-0.39, 0.29) is 30.4 Å². The molecule has 0 unspecified atom stereocenters. The molecular formula is C15H20ClN5O. The minimum atomic E-state index is -0.106. The number of carbonyl (C=O) groups is 1. The first-order chi connectivity index (χ1) is 10.3. The van der Waals surface area contributed by atoms with Crippen molar-refractivity contribution >= 4 is 18.3 Å². The smallest absolute Gasteiger partial charge is 0.237 e. The van der Waals surface area contributed by atoms with E-state index in [0.717, 1.165) is 12.8 Å². The van der Waals surface area contributed by atoms with Gasteiger partial charge in [0.25, 0.3) is 0 Å². The zero-order chi connectivity index (χ0) is 14.5. The molecule has 0 radical (unpaired) electrons. The lowest BCUT2D eigenvalue weighted by Crippen LogP contribution is -2.42. The molecule has 2 aromatic rings. The summed E-state index contributed by atoms with van der Waals surface area (Å²) in [4.78, 5) is 16.0. The van der Waals surface area contributed by atoms with Gasteiger partial charge in [0.15, 0.2) is 0 Å². The molecule has 118 valence electrons. The first-order valence-corrected chi connectivity index (χ1v) is 7.24. The largest absolute Gasteiger partial charge is 0.353 e. The summed E-state index contributed by atoms with van der Waals surface area (Å²) in [5.41, 5.74) is 1.25. The van der Waals surface area contributed by atoms with Crippen LogP contribution in [-0.2, 0) is 11.3 Å². The highest BCUT2D eigenvalue weighted by molar-refractivity contribution is 5.85. The maximum absolute atomic E-state index is 12.1. The zero-order valence-electron chi connectivity index (χ0n) is 12.2. The molecule has 1 amide bonds. The van der Waals surface area contributed by atoms with E-state index in [2.05, 4.69) is 32.8 Å². The maximum atomic E-state index is 12.1. The van der Waals surface area contributed by atoms with Crippen LogP contribution in [-0.4, -0.2) is 33.3 Å². The molecule has 1 fully saturated rings. The Labute approximate surface area is 135 Å². The van der Waals surface area contributed by atoms with Gasteiger partial charge < -0.3 is 5.32 Å². The molecule has 3 rings (SSSR count). The van der Waals surface area contributed by atoms with Crippen molar-refractivity contribution in [2.75, 3.05) is 6.54 Å². The van der Waals surface area contributed by atoms with Gasteiger partial charge in [-0.05, 0) is 18.4 Å². The summed E-state index contributed by atoms with van der Waals surface area (Å²) < 4.78 is 1.70. The third-order valence-electron chi connectivity index (χ3n) is 3.77. The van der Waals surface area contributed by atoms with E-state index in [1.54, 1.807) is 11.0 Å². The van der Waals surface area contributed by atoms with Crippen LogP contribution in [0, 0.1) is 0 Å². The Morgan fingerprint density at radius 1 is 1.32 bits per heavy atom. The molecule has 7 heteroatoms. The summed E-state index contributed by atoms with van der Waals surface area (Å²) in [5, 5.41) is 10.3. The van der Waals surface area contributed by atoms with Crippen molar-refractivity contribution in [3.05, 3.63) is 48.5 Å². The second-order valence-corrected chi connectivity index (χ2v) is 5.21. The fourth-order valence-corrected chi connectivity index (χ4v) is 2.66. The van der Waals surface area contributed by atoms with Gasteiger partial charge in [0.2, 0.25) is 5.91 Å². The number of hydrogen-bond acceptors (Lipinski definition) is 4. The highest BCUT2D eigenvalue weighted by atomic mass is 35.5. The Balaban J connectivity index is 0.00000176. The lowest BCUT2D eigenvalue weighted by molar-refractivity contribution is -0.122. The van der Waals surface area contributed by atoms with Gasteiger partial charge >= 0.3 is 0 Å². The molecule has 1 aliphatic rings. The number of rotatable bonds is 5. The van der Waals surface area contributed by atoms with E-state index in [1.807, 2.05) is 18.2 Å². The SMILES string of the molecule is Cl.O=C(NCCn1cncn1)[C@H]1CC[C@H](c2ccccc2)N1. The standard InChI is InChI=1S/C15H19N5O.ClH/c21-15(17-8-9-20-11-16-10-18-20)14-7-6-13(19-14)12-4-2-1-3-5-12;/h1-5,10-11,13-14,19H,6-9H2,(H,17,21);1H/t13-,14-;/m1./s1. The van der Waals surface area contributed by atoms with Crippen molar-refractivity contribution in [1.29, 1.82) is 0 Å². The topological polar surface area (TPSA) is 71.8 Å². The second-order valence-electron chi connectivity index (χ2n) is 5.21. The molecule has 2 heterocycles. The van der Waals surface area contributed by atoms with Gasteiger partial charge in [0.1, 0.15) is 12.7 Å². The van der Waals surface area contributed by atoms with Crippen LogP contribution in [0.5, 0.6) is 0 Å². The van der Waals surface area contributed by atoms with Crippen molar-refractivity contribution in [2.24, 2.45) is 0 Å². The quantitative estimate of drug-likeness (QED) is 0.871. The fraction of sp³-hybridized carbons (Fsp3) is 0.400. The van der Waals surface area contributed by atoms with Crippen LogP contribution in [0.3, 0.4) is 0 Å². The van der Waals surface area contributed by atoms with E-state index in [0.29, 0.717) is 13.1 Å². The summed E-state index contributed by atoms with van der Waals surface area (Å²) in [6, 6.07) is 10.4. The summed E-state index contributed by atoms with van der Waals surface area (Å²) in [6.45, 7) is 1.21. The molecule has 22 heavy (non-hydrogen) atoms. The van der Waals surface area contributed by atoms with E-state index in [9.17, 15) is 4.79 Å². The van der Waals surface area contributed by atoms with Gasteiger partial charge in [0.05, 0.1) is 12.6 Å². The van der Waals surface area contributed by atoms with E-state index in [4.69, 9.17) is 0 Å². The van der Waals surface area contributed by atoms with Gasteiger partial charge in [0, 0.05) is 12.6 Å². The first-order valence-electron chi connectivity index (χ1n) is 7.24. The summed E-state index contributed by atoms with van der Waals surface area (Å²) in [7, 11) is 0. The van der Waals surface area contributed by atoms with Gasteiger partial charge in [-0.25, -0.2) is 4.98 Å². The highest BCUT2D eigenvalue weighted by Crippen LogP contribution is 2.26. The van der Waals surface area contributed by atoms with Crippen LogP contribution in [0.15, 0.2) is 43.0 Å². The van der Waals surface area contributed by atoms with Gasteiger partial charge in [-0.3, -0.25) is 14.8 Å². The number of hydrogen-bond donors (Lipinski definition) is 2. The molecule has 1 aliphatic heterocycles. The lowest BCUT2D eigenvalue weighted by atomic mass is 10.1. The highest BCUT2D eigenvalue weighted by Gasteiger charge is 2.29. The normalized spacial score (nSPS) is 20.4. The predicted octanol–water partition coefficient (Wildman–Crippen LogP) is 1.31. The average Bonchev–Trinajstić information content (AvgIpc) is 3.20. The molecule has 6 nitrogen and oxygen atoms in total. The summed E-state index contributed by atoms with van der Waals surface area (Å²) in [6.07, 6.45) is 5.00. The number of nitrogens with one attached hydrogen (secondary N) is 2. The van der Waals surface area contributed by atoms with Gasteiger partial charge in [-0.2, -0.15) is 5.10 Å². The monoisotopic (exact) mass is 321 g/mol. The van der Waals surface area contributed by atoms with Crippen LogP contribution in [0.1, 0.15) is 24.4 Å². The Kier molecular flexibility index (Phi) is 5.91. The molecule has 0 saturated carbocycles. The Morgan fingerprint density at radius 3 is 2.86 bits per heavy atom. The van der Waals surface area contributed by atoms with E-state index in [1.165, 1.54) is 11.9 Å². The van der Waals surface area contributed by atoms with Crippen LogP contribution < -0.4 is 10.6 Å². The molecule has 0 aliphatic carbocycles. The summed E-state index contributed by atoms with van der Waals surface area (Å²) >= 11 is 0. The molecule has 0 bridgehead atoms. The van der Waals surface area contributed by atoms with Crippen LogP contribution >= 0.6 is 12.4 Å². The molecule has 0 spiro atoms. The third-order valence-corrected chi connectivity index (χ3v) is 3.77. The number of carbonyl (C=O) groups excluding carboxylic acids is 1. The molecule has 1 saturated heterocycles. The minimum absolute atomic E-state index is 0. The average molecular weight is 322 g/mol. The molecule has 1 aromatic carbocycles. The fourth-order valence-electron chi connectivity index (χ4n) is 2.66. The van der Waals surface area contributed by atoms with E-state index >= 15 is 0 Å². The number of amides is 1. The predicted molar refractivity (Wildman–Crippen MR) is 85.6 cm³/mol. The molecule has 2 atom stereocenters. The van der Waals surface area contributed by atoms with Crippen molar-refractivity contribution in [3.63, 3.8) is 0 Å². The summed E-state index contributed by atoms with van der Waals surface area (Å²) in [5.74, 6) is 0.0635. The van der Waals surface area contributed by atoms with Crippen molar-refractivity contribution in [3.8, 4) is 0 Å². The molecular weight excluding hydrogens is 302 g/mol. The number of benzene rings is 1. The second kappa shape index (κ2) is 7.91. The maximum Gasteiger partial charge on any atom is 0.237 e. The van der Waals surface area contributed by atoms with Gasteiger partial charge in [-0.1, -0.05) is 30.3 Å². The molecule has 1 aromatic heterocycles. The van der Waals surface area contributed by atoms with Crippen LogP contribution in [0.2, 0.25) is 0 Å². The third kappa shape index (κ3) is 4.05. The number of aromatic nitrogens is 3. The zero-order valence-corrected chi connectivity index (χ0v) is 13.0.